The highest BCUT2D eigenvalue weighted by atomic mass is 16.5. The van der Waals surface area contributed by atoms with Gasteiger partial charge in [-0.25, -0.2) is 0 Å². The number of rotatable bonds is 3. The number of aromatic nitrogens is 2. The van der Waals surface area contributed by atoms with Crippen molar-refractivity contribution in [2.45, 2.75) is 38.5 Å². The van der Waals surface area contributed by atoms with Crippen molar-refractivity contribution < 1.29 is 9.32 Å². The molecule has 1 aromatic carbocycles. The van der Waals surface area contributed by atoms with E-state index in [0.29, 0.717) is 29.4 Å². The van der Waals surface area contributed by atoms with Crippen molar-refractivity contribution in [3.63, 3.8) is 0 Å². The zero-order chi connectivity index (χ0) is 17.1. The minimum atomic E-state index is -0.0206. The Morgan fingerprint density at radius 3 is 2.75 bits per heavy atom. The maximum Gasteiger partial charge on any atom is 0.253 e. The molecule has 0 spiro atoms. The Kier molecular flexibility index (Phi) is 4.61. The summed E-state index contributed by atoms with van der Waals surface area (Å²) in [5, 5.41) is 12.9. The zero-order valence-corrected chi connectivity index (χ0v) is 13.9. The fourth-order valence-electron chi connectivity index (χ4n) is 2.88. The fraction of sp³-hybridized carbons (Fsp3) is 0.444. The van der Waals surface area contributed by atoms with Crippen molar-refractivity contribution in [3.05, 3.63) is 47.1 Å². The molecule has 1 saturated heterocycles. The molecule has 1 amide bonds. The number of amides is 1. The van der Waals surface area contributed by atoms with E-state index in [9.17, 15) is 4.79 Å². The number of nitrogens with zero attached hydrogens (tertiary/aromatic N) is 4. The lowest BCUT2D eigenvalue weighted by molar-refractivity contribution is 0.0695. The predicted octanol–water partition coefficient (Wildman–Crippen LogP) is 3.08. The lowest BCUT2D eigenvalue weighted by Gasteiger charge is -2.31. The van der Waals surface area contributed by atoms with E-state index in [4.69, 9.17) is 9.78 Å². The largest absolute Gasteiger partial charge is 0.339 e. The molecule has 1 aliphatic heterocycles. The molecule has 6 heteroatoms. The van der Waals surface area contributed by atoms with Gasteiger partial charge in [0.1, 0.15) is 0 Å². The highest BCUT2D eigenvalue weighted by Crippen LogP contribution is 2.27. The molecule has 1 aromatic heterocycles. The van der Waals surface area contributed by atoms with E-state index in [1.807, 2.05) is 18.7 Å². The third-order valence-electron chi connectivity index (χ3n) is 4.29. The van der Waals surface area contributed by atoms with E-state index in [1.54, 1.807) is 24.3 Å². The quantitative estimate of drug-likeness (QED) is 0.866. The van der Waals surface area contributed by atoms with E-state index in [2.05, 4.69) is 16.2 Å². The van der Waals surface area contributed by atoms with Crippen LogP contribution in [0.1, 0.15) is 66.2 Å². The van der Waals surface area contributed by atoms with Crippen LogP contribution in [0.2, 0.25) is 0 Å². The summed E-state index contributed by atoms with van der Waals surface area (Å²) in [4.78, 5) is 19.0. The van der Waals surface area contributed by atoms with Crippen molar-refractivity contribution in [3.8, 4) is 6.07 Å². The van der Waals surface area contributed by atoms with Crippen LogP contribution >= 0.6 is 0 Å². The van der Waals surface area contributed by atoms with E-state index in [0.717, 1.165) is 19.4 Å². The predicted molar refractivity (Wildman–Crippen MR) is 87.4 cm³/mol. The van der Waals surface area contributed by atoms with E-state index >= 15 is 0 Å². The maximum absolute atomic E-state index is 12.7. The van der Waals surface area contributed by atoms with Crippen molar-refractivity contribution in [1.29, 1.82) is 5.26 Å². The number of carbonyl (C=O) groups is 1. The summed E-state index contributed by atoms with van der Waals surface area (Å²) in [7, 11) is 0. The summed E-state index contributed by atoms with van der Waals surface area (Å²) in [6.07, 6.45) is 1.85. The fourth-order valence-corrected chi connectivity index (χ4v) is 2.88. The van der Waals surface area contributed by atoms with Crippen molar-refractivity contribution in [1.82, 2.24) is 15.0 Å². The first-order chi connectivity index (χ1) is 11.6. The Labute approximate surface area is 141 Å². The van der Waals surface area contributed by atoms with Gasteiger partial charge in [-0.05, 0) is 37.1 Å². The minimum absolute atomic E-state index is 0.0206. The molecule has 6 nitrogen and oxygen atoms in total. The van der Waals surface area contributed by atoms with Gasteiger partial charge < -0.3 is 9.42 Å². The second kappa shape index (κ2) is 6.83. The van der Waals surface area contributed by atoms with Gasteiger partial charge in [0.2, 0.25) is 5.89 Å². The van der Waals surface area contributed by atoms with Gasteiger partial charge in [-0.1, -0.05) is 19.0 Å². The van der Waals surface area contributed by atoms with Gasteiger partial charge in [0.05, 0.1) is 17.6 Å². The number of nitriles is 1. The third-order valence-corrected chi connectivity index (χ3v) is 4.29. The Morgan fingerprint density at radius 1 is 1.38 bits per heavy atom. The van der Waals surface area contributed by atoms with Crippen molar-refractivity contribution in [2.75, 3.05) is 13.1 Å². The maximum atomic E-state index is 12.7. The number of benzene rings is 1. The average molecular weight is 324 g/mol. The molecule has 0 radical (unpaired) electrons. The molecular formula is C18H20N4O2. The smallest absolute Gasteiger partial charge is 0.253 e. The summed E-state index contributed by atoms with van der Waals surface area (Å²) in [5.41, 5.74) is 1.15. The van der Waals surface area contributed by atoms with Crippen LogP contribution < -0.4 is 0 Å². The molecule has 0 N–H and O–H groups in total. The number of hydrogen-bond acceptors (Lipinski definition) is 5. The summed E-state index contributed by atoms with van der Waals surface area (Å²) in [6, 6.07) is 8.80. The second-order valence-electron chi connectivity index (χ2n) is 6.42. The SMILES string of the molecule is CC(C)c1noc([C@@H]2CCCN(C(=O)c3ccc(C#N)cc3)C2)n1. The normalized spacial score (nSPS) is 17.8. The van der Waals surface area contributed by atoms with Crippen molar-refractivity contribution in [2.24, 2.45) is 0 Å². The van der Waals surface area contributed by atoms with Gasteiger partial charge in [-0.15, -0.1) is 0 Å². The van der Waals surface area contributed by atoms with Gasteiger partial charge in [0.25, 0.3) is 5.91 Å². The standard InChI is InChI=1S/C18H20N4O2/c1-12(2)16-20-17(24-21-16)15-4-3-9-22(11-15)18(23)14-7-5-13(10-19)6-8-14/h5-8,12,15H,3-4,9,11H2,1-2H3/t15-/m1/s1. The molecule has 0 unspecified atom stereocenters. The average Bonchev–Trinajstić information content (AvgIpc) is 3.12. The zero-order valence-electron chi connectivity index (χ0n) is 13.9. The molecule has 3 rings (SSSR count). The third kappa shape index (κ3) is 3.30. The molecule has 124 valence electrons. The van der Waals surface area contributed by atoms with Gasteiger partial charge in [-0.3, -0.25) is 4.79 Å². The molecule has 2 heterocycles. The molecule has 1 atom stereocenters. The number of likely N-dealkylation sites (tertiary alicyclic amines) is 1. The summed E-state index contributed by atoms with van der Waals surface area (Å²) in [6.45, 7) is 5.35. The second-order valence-corrected chi connectivity index (χ2v) is 6.42. The van der Waals surface area contributed by atoms with Gasteiger partial charge in [0, 0.05) is 24.6 Å². The molecule has 1 aliphatic rings. The summed E-state index contributed by atoms with van der Waals surface area (Å²) >= 11 is 0. The highest BCUT2D eigenvalue weighted by molar-refractivity contribution is 5.94. The Hall–Kier alpha value is -2.68. The monoisotopic (exact) mass is 324 g/mol. The van der Waals surface area contributed by atoms with E-state index < -0.39 is 0 Å². The van der Waals surface area contributed by atoms with Gasteiger partial charge >= 0.3 is 0 Å². The highest BCUT2D eigenvalue weighted by Gasteiger charge is 2.29. The van der Waals surface area contributed by atoms with Crippen LogP contribution in [0.4, 0.5) is 0 Å². The minimum Gasteiger partial charge on any atom is -0.339 e. The summed E-state index contributed by atoms with van der Waals surface area (Å²) in [5.74, 6) is 1.62. The van der Waals surface area contributed by atoms with E-state index in [-0.39, 0.29) is 17.7 Å². The topological polar surface area (TPSA) is 83.0 Å². The van der Waals surface area contributed by atoms with Crippen LogP contribution in [-0.2, 0) is 0 Å². The van der Waals surface area contributed by atoms with Crippen LogP contribution in [0, 0.1) is 11.3 Å². The first-order valence-corrected chi connectivity index (χ1v) is 8.21. The summed E-state index contributed by atoms with van der Waals surface area (Å²) < 4.78 is 5.39. The Morgan fingerprint density at radius 2 is 2.12 bits per heavy atom. The number of carbonyl (C=O) groups excluding carboxylic acids is 1. The molecule has 1 fully saturated rings. The Bertz CT molecular complexity index is 758. The van der Waals surface area contributed by atoms with Crippen LogP contribution in [0.15, 0.2) is 28.8 Å². The van der Waals surface area contributed by atoms with Crippen LogP contribution in [-0.4, -0.2) is 34.0 Å². The first kappa shape index (κ1) is 16.2. The lowest BCUT2D eigenvalue weighted by Crippen LogP contribution is -2.39. The molecule has 0 bridgehead atoms. The van der Waals surface area contributed by atoms with Crippen LogP contribution in [0.3, 0.4) is 0 Å². The van der Waals surface area contributed by atoms with Crippen molar-refractivity contribution >= 4 is 5.91 Å². The van der Waals surface area contributed by atoms with Crippen LogP contribution in [0.5, 0.6) is 0 Å². The lowest BCUT2D eigenvalue weighted by atomic mass is 9.97. The van der Waals surface area contributed by atoms with E-state index in [1.165, 1.54) is 0 Å². The van der Waals surface area contributed by atoms with Crippen LogP contribution in [0.25, 0.3) is 0 Å². The molecule has 0 saturated carbocycles. The molecule has 24 heavy (non-hydrogen) atoms. The van der Waals surface area contributed by atoms with Gasteiger partial charge in [-0.2, -0.15) is 10.2 Å². The van der Waals surface area contributed by atoms with Gasteiger partial charge in [0.15, 0.2) is 5.82 Å². The molecule has 2 aromatic rings. The number of hydrogen-bond donors (Lipinski definition) is 0. The Balaban J connectivity index is 1.72. The number of piperidine rings is 1. The molecular weight excluding hydrogens is 304 g/mol. The molecule has 0 aliphatic carbocycles. The first-order valence-electron chi connectivity index (χ1n) is 8.21.